The average Bonchev–Trinajstić information content (AvgIpc) is 2.15. The summed E-state index contributed by atoms with van der Waals surface area (Å²) < 4.78 is 36.7. The molecule has 0 saturated heterocycles. The molecular weight excluding hydrogens is 211 g/mol. The molecule has 1 aromatic rings. The van der Waals surface area contributed by atoms with E-state index in [1.165, 1.54) is 6.92 Å². The molecule has 0 amide bonds. The summed E-state index contributed by atoms with van der Waals surface area (Å²) in [5.41, 5.74) is 4.23. The molecule has 84 valence electrons. The van der Waals surface area contributed by atoms with Crippen LogP contribution in [0.2, 0.25) is 0 Å². The van der Waals surface area contributed by atoms with Crippen LogP contribution in [0, 0.1) is 0 Å². The number of aromatic nitrogens is 2. The van der Waals surface area contributed by atoms with Crippen molar-refractivity contribution < 1.29 is 18.3 Å². The molecule has 15 heavy (non-hydrogen) atoms. The molecular formula is C8H10F3N3O. The molecule has 0 saturated carbocycles. The van der Waals surface area contributed by atoms with E-state index in [1.807, 2.05) is 0 Å². The first-order valence-corrected chi connectivity index (χ1v) is 4.16. The lowest BCUT2D eigenvalue weighted by Gasteiger charge is -2.14. The summed E-state index contributed by atoms with van der Waals surface area (Å²) in [4.78, 5) is 6.73. The molecule has 4 nitrogen and oxygen atoms in total. The van der Waals surface area contributed by atoms with Gasteiger partial charge in [-0.1, -0.05) is 0 Å². The van der Waals surface area contributed by atoms with Gasteiger partial charge >= 0.3 is 6.18 Å². The van der Waals surface area contributed by atoms with Crippen LogP contribution in [0.1, 0.15) is 24.5 Å². The maximum absolute atomic E-state index is 12.2. The van der Waals surface area contributed by atoms with Gasteiger partial charge in [-0.3, -0.25) is 0 Å². The molecule has 0 bridgehead atoms. The van der Waals surface area contributed by atoms with E-state index in [9.17, 15) is 18.3 Å². The standard InChI is InChI=1S/C8H10F3N3O/c1-4(12)6(15)7-13-3-2-5(14-7)8(9,10)11/h2-4,6,15H,12H2,1H3. The van der Waals surface area contributed by atoms with Gasteiger partial charge in [-0.2, -0.15) is 13.2 Å². The SMILES string of the molecule is CC(N)C(O)c1nccc(C(F)(F)F)n1. The van der Waals surface area contributed by atoms with E-state index in [1.54, 1.807) is 0 Å². The van der Waals surface area contributed by atoms with Crippen molar-refractivity contribution in [3.8, 4) is 0 Å². The van der Waals surface area contributed by atoms with E-state index in [2.05, 4.69) is 9.97 Å². The van der Waals surface area contributed by atoms with E-state index < -0.39 is 24.0 Å². The zero-order valence-electron chi connectivity index (χ0n) is 7.86. The van der Waals surface area contributed by atoms with Gasteiger partial charge in [0.2, 0.25) is 0 Å². The largest absolute Gasteiger partial charge is 0.433 e. The molecule has 0 aromatic carbocycles. The summed E-state index contributed by atoms with van der Waals surface area (Å²) in [6.07, 6.45) is -4.90. The Morgan fingerprint density at radius 3 is 2.53 bits per heavy atom. The van der Waals surface area contributed by atoms with Gasteiger partial charge in [-0.05, 0) is 13.0 Å². The van der Waals surface area contributed by atoms with Crippen molar-refractivity contribution in [1.29, 1.82) is 0 Å². The first-order chi connectivity index (χ1) is 6.82. The van der Waals surface area contributed by atoms with Gasteiger partial charge in [-0.15, -0.1) is 0 Å². The molecule has 0 aliphatic carbocycles. The van der Waals surface area contributed by atoms with Crippen LogP contribution in [-0.4, -0.2) is 21.1 Å². The highest BCUT2D eigenvalue weighted by atomic mass is 19.4. The second-order valence-electron chi connectivity index (χ2n) is 3.10. The highest BCUT2D eigenvalue weighted by Crippen LogP contribution is 2.27. The van der Waals surface area contributed by atoms with Crippen LogP contribution >= 0.6 is 0 Å². The lowest BCUT2D eigenvalue weighted by molar-refractivity contribution is -0.141. The maximum atomic E-state index is 12.2. The van der Waals surface area contributed by atoms with Gasteiger partial charge in [0, 0.05) is 12.2 Å². The minimum atomic E-state index is -4.55. The van der Waals surface area contributed by atoms with Crippen LogP contribution in [-0.2, 0) is 6.18 Å². The molecule has 1 rings (SSSR count). The van der Waals surface area contributed by atoms with Gasteiger partial charge in [0.15, 0.2) is 5.82 Å². The third-order valence-electron chi connectivity index (χ3n) is 1.73. The number of halogens is 3. The quantitative estimate of drug-likeness (QED) is 0.777. The highest BCUT2D eigenvalue weighted by Gasteiger charge is 2.33. The Morgan fingerprint density at radius 2 is 2.07 bits per heavy atom. The molecule has 1 aromatic heterocycles. The van der Waals surface area contributed by atoms with Gasteiger partial charge in [-0.25, -0.2) is 9.97 Å². The Bertz CT molecular complexity index is 340. The summed E-state index contributed by atoms with van der Waals surface area (Å²) >= 11 is 0. The van der Waals surface area contributed by atoms with Crippen LogP contribution in [0.25, 0.3) is 0 Å². The van der Waals surface area contributed by atoms with E-state index in [0.29, 0.717) is 0 Å². The van der Waals surface area contributed by atoms with E-state index in [-0.39, 0.29) is 5.82 Å². The van der Waals surface area contributed by atoms with Crippen LogP contribution < -0.4 is 5.73 Å². The summed E-state index contributed by atoms with van der Waals surface area (Å²) in [5.74, 6) is -0.320. The zero-order valence-corrected chi connectivity index (χ0v) is 7.86. The van der Waals surface area contributed by atoms with E-state index in [0.717, 1.165) is 12.3 Å². The van der Waals surface area contributed by atoms with Crippen molar-refractivity contribution in [3.63, 3.8) is 0 Å². The molecule has 1 heterocycles. The first-order valence-electron chi connectivity index (χ1n) is 4.16. The number of nitrogens with zero attached hydrogens (tertiary/aromatic N) is 2. The summed E-state index contributed by atoms with van der Waals surface area (Å²) in [6.45, 7) is 1.45. The van der Waals surface area contributed by atoms with Gasteiger partial charge in [0.05, 0.1) is 0 Å². The Kier molecular flexibility index (Phi) is 3.25. The molecule has 2 unspecified atom stereocenters. The third-order valence-corrected chi connectivity index (χ3v) is 1.73. The number of nitrogens with two attached hydrogens (primary N) is 1. The van der Waals surface area contributed by atoms with Crippen LogP contribution in [0.5, 0.6) is 0 Å². The second kappa shape index (κ2) is 4.11. The van der Waals surface area contributed by atoms with Crippen molar-refractivity contribution in [2.24, 2.45) is 5.73 Å². The number of alkyl halides is 3. The van der Waals surface area contributed by atoms with Crippen LogP contribution in [0.15, 0.2) is 12.3 Å². The summed E-state index contributed by atoms with van der Waals surface area (Å²) in [6, 6.07) is 0.00528. The molecule has 0 fully saturated rings. The normalized spacial score (nSPS) is 16.1. The zero-order chi connectivity index (χ0) is 11.6. The van der Waals surface area contributed by atoms with Crippen molar-refractivity contribution in [1.82, 2.24) is 9.97 Å². The Balaban J connectivity index is 3.03. The van der Waals surface area contributed by atoms with Crippen molar-refractivity contribution in [3.05, 3.63) is 23.8 Å². The minimum absolute atomic E-state index is 0.320. The third kappa shape index (κ3) is 2.87. The Morgan fingerprint density at radius 1 is 1.47 bits per heavy atom. The number of hydrogen-bond acceptors (Lipinski definition) is 4. The lowest BCUT2D eigenvalue weighted by atomic mass is 10.2. The summed E-state index contributed by atoms with van der Waals surface area (Å²) in [5, 5.41) is 9.37. The number of aliphatic hydroxyl groups excluding tert-OH is 1. The van der Waals surface area contributed by atoms with Gasteiger partial charge < -0.3 is 10.8 Å². The fraction of sp³-hybridized carbons (Fsp3) is 0.500. The fourth-order valence-corrected chi connectivity index (χ4v) is 0.909. The second-order valence-corrected chi connectivity index (χ2v) is 3.10. The molecule has 0 aliphatic rings. The van der Waals surface area contributed by atoms with Crippen molar-refractivity contribution >= 4 is 0 Å². The minimum Gasteiger partial charge on any atom is -0.383 e. The molecule has 2 atom stereocenters. The van der Waals surface area contributed by atoms with Crippen molar-refractivity contribution in [2.45, 2.75) is 25.2 Å². The number of aliphatic hydroxyl groups is 1. The number of rotatable bonds is 2. The van der Waals surface area contributed by atoms with Crippen LogP contribution in [0.3, 0.4) is 0 Å². The summed E-state index contributed by atoms with van der Waals surface area (Å²) in [7, 11) is 0. The highest BCUT2D eigenvalue weighted by molar-refractivity contribution is 5.08. The lowest BCUT2D eigenvalue weighted by Crippen LogP contribution is -2.26. The predicted octanol–water partition coefficient (Wildman–Crippen LogP) is 0.876. The molecule has 0 radical (unpaired) electrons. The molecule has 3 N–H and O–H groups in total. The Labute approximate surface area is 84.0 Å². The number of hydrogen-bond donors (Lipinski definition) is 2. The molecule has 0 spiro atoms. The first kappa shape index (κ1) is 11.9. The molecule has 0 aliphatic heterocycles. The predicted molar refractivity (Wildman–Crippen MR) is 45.6 cm³/mol. The fourth-order valence-electron chi connectivity index (χ4n) is 0.909. The maximum Gasteiger partial charge on any atom is 0.433 e. The van der Waals surface area contributed by atoms with Crippen LogP contribution in [0.4, 0.5) is 13.2 Å². The molecule has 7 heteroatoms. The van der Waals surface area contributed by atoms with E-state index in [4.69, 9.17) is 5.73 Å². The van der Waals surface area contributed by atoms with Crippen molar-refractivity contribution in [2.75, 3.05) is 0 Å². The topological polar surface area (TPSA) is 72.0 Å². The smallest absolute Gasteiger partial charge is 0.383 e. The van der Waals surface area contributed by atoms with Gasteiger partial charge in [0.25, 0.3) is 0 Å². The average molecular weight is 221 g/mol. The Hall–Kier alpha value is -1.21. The van der Waals surface area contributed by atoms with Gasteiger partial charge in [0.1, 0.15) is 11.8 Å². The van der Waals surface area contributed by atoms with E-state index >= 15 is 0 Å². The monoisotopic (exact) mass is 221 g/mol.